The van der Waals surface area contributed by atoms with E-state index in [1.54, 1.807) is 12.1 Å². The molecule has 1 aliphatic heterocycles. The first kappa shape index (κ1) is 22.6. The van der Waals surface area contributed by atoms with Crippen molar-refractivity contribution in [1.82, 2.24) is 10.6 Å². The van der Waals surface area contributed by atoms with Crippen molar-refractivity contribution in [2.45, 2.75) is 45.9 Å². The number of nitro benzene ring substituents is 1. The zero-order valence-electron chi connectivity index (χ0n) is 18.1. The van der Waals surface area contributed by atoms with E-state index in [1.165, 1.54) is 6.07 Å². The van der Waals surface area contributed by atoms with E-state index >= 15 is 0 Å². The molecule has 2 aromatic carbocycles. The molecule has 0 saturated carbocycles. The highest BCUT2D eigenvalue weighted by Crippen LogP contribution is 2.22. The summed E-state index contributed by atoms with van der Waals surface area (Å²) < 4.78 is 11.7. The molecule has 0 aromatic heterocycles. The fourth-order valence-corrected chi connectivity index (χ4v) is 3.36. The summed E-state index contributed by atoms with van der Waals surface area (Å²) in [6.45, 7) is 6.99. The Hall–Kier alpha value is -3.13. The van der Waals surface area contributed by atoms with E-state index in [9.17, 15) is 10.1 Å². The van der Waals surface area contributed by atoms with E-state index in [2.05, 4.69) is 27.8 Å². The van der Waals surface area contributed by atoms with Gasteiger partial charge in [-0.15, -0.1) is 0 Å². The van der Waals surface area contributed by atoms with Gasteiger partial charge in [0.25, 0.3) is 5.69 Å². The zero-order chi connectivity index (χ0) is 22.1. The summed E-state index contributed by atoms with van der Waals surface area (Å²) in [5, 5.41) is 17.5. The quantitative estimate of drug-likeness (QED) is 0.274. The molecule has 8 nitrogen and oxygen atoms in total. The lowest BCUT2D eigenvalue weighted by Gasteiger charge is -2.17. The van der Waals surface area contributed by atoms with Gasteiger partial charge in [-0.05, 0) is 43.9 Å². The van der Waals surface area contributed by atoms with Gasteiger partial charge in [-0.25, -0.2) is 4.99 Å². The third-order valence-corrected chi connectivity index (χ3v) is 5.00. The number of nitrogens with one attached hydrogen (secondary N) is 2. The van der Waals surface area contributed by atoms with E-state index in [4.69, 9.17) is 9.47 Å². The van der Waals surface area contributed by atoms with Gasteiger partial charge >= 0.3 is 0 Å². The zero-order valence-corrected chi connectivity index (χ0v) is 18.1. The van der Waals surface area contributed by atoms with E-state index in [0.29, 0.717) is 32.2 Å². The van der Waals surface area contributed by atoms with Crippen LogP contribution in [0.15, 0.2) is 47.5 Å². The van der Waals surface area contributed by atoms with Gasteiger partial charge in [0.1, 0.15) is 12.4 Å². The topological polar surface area (TPSA) is 98.0 Å². The Kier molecular flexibility index (Phi) is 8.23. The van der Waals surface area contributed by atoms with Crippen LogP contribution in [-0.4, -0.2) is 36.7 Å². The van der Waals surface area contributed by atoms with Crippen molar-refractivity contribution < 1.29 is 14.4 Å². The van der Waals surface area contributed by atoms with Gasteiger partial charge in [-0.3, -0.25) is 10.1 Å². The molecule has 1 atom stereocenters. The Bertz CT molecular complexity index is 910. The van der Waals surface area contributed by atoms with Crippen LogP contribution in [0.3, 0.4) is 0 Å². The van der Waals surface area contributed by atoms with E-state index < -0.39 is 4.92 Å². The summed E-state index contributed by atoms with van der Waals surface area (Å²) >= 11 is 0. The third-order valence-electron chi connectivity index (χ3n) is 5.00. The van der Waals surface area contributed by atoms with Crippen molar-refractivity contribution >= 4 is 11.6 Å². The van der Waals surface area contributed by atoms with Gasteiger partial charge in [-0.2, -0.15) is 0 Å². The van der Waals surface area contributed by atoms with Crippen LogP contribution in [0, 0.1) is 17.0 Å². The number of nitrogens with zero attached hydrogens (tertiary/aromatic N) is 2. The molecule has 0 spiro atoms. The fraction of sp³-hybridized carbons (Fsp3) is 0.435. The van der Waals surface area contributed by atoms with Crippen molar-refractivity contribution in [3.05, 3.63) is 69.3 Å². The molecule has 31 heavy (non-hydrogen) atoms. The molecule has 1 fully saturated rings. The Morgan fingerprint density at radius 1 is 1.29 bits per heavy atom. The molecule has 166 valence electrons. The molecule has 1 unspecified atom stereocenters. The Balaban J connectivity index is 1.64. The van der Waals surface area contributed by atoms with Crippen molar-refractivity contribution in [1.29, 1.82) is 0 Å². The summed E-state index contributed by atoms with van der Waals surface area (Å²) in [7, 11) is 0. The van der Waals surface area contributed by atoms with Gasteiger partial charge in [0.2, 0.25) is 0 Å². The molecule has 2 N–H and O–H groups in total. The molecule has 1 saturated heterocycles. The molecule has 0 amide bonds. The highest BCUT2D eigenvalue weighted by molar-refractivity contribution is 5.79. The number of non-ortho nitro benzene ring substituents is 1. The molecule has 3 rings (SSSR count). The molecule has 1 aliphatic rings. The first-order chi connectivity index (χ1) is 15.0. The summed E-state index contributed by atoms with van der Waals surface area (Å²) in [5.41, 5.74) is 3.02. The molecular weight excluding hydrogens is 396 g/mol. The van der Waals surface area contributed by atoms with Gasteiger partial charge < -0.3 is 20.1 Å². The maximum atomic E-state index is 11.0. The fourth-order valence-electron chi connectivity index (χ4n) is 3.36. The second kappa shape index (κ2) is 11.3. The maximum Gasteiger partial charge on any atom is 0.269 e. The van der Waals surface area contributed by atoms with Gasteiger partial charge in [0.15, 0.2) is 5.96 Å². The first-order valence-electron chi connectivity index (χ1n) is 10.6. The normalized spacial score (nSPS) is 16.2. The van der Waals surface area contributed by atoms with Crippen LogP contribution in [-0.2, 0) is 17.8 Å². The number of ether oxygens (including phenoxy) is 2. The van der Waals surface area contributed by atoms with E-state index in [1.807, 2.05) is 26.0 Å². The molecule has 0 radical (unpaired) electrons. The minimum Gasteiger partial charge on any atom is -0.491 e. The number of rotatable bonds is 9. The van der Waals surface area contributed by atoms with Gasteiger partial charge in [-0.1, -0.05) is 24.3 Å². The van der Waals surface area contributed by atoms with Crippen molar-refractivity contribution in [3.63, 3.8) is 0 Å². The Morgan fingerprint density at radius 2 is 2.16 bits per heavy atom. The van der Waals surface area contributed by atoms with Gasteiger partial charge in [0.05, 0.1) is 17.6 Å². The van der Waals surface area contributed by atoms with Crippen LogP contribution in [0.2, 0.25) is 0 Å². The summed E-state index contributed by atoms with van der Waals surface area (Å²) in [4.78, 5) is 15.1. The number of nitro groups is 1. The van der Waals surface area contributed by atoms with E-state index in [0.717, 1.165) is 41.9 Å². The maximum absolute atomic E-state index is 11.0. The number of hydrogen-bond donors (Lipinski definition) is 2. The van der Waals surface area contributed by atoms with Crippen LogP contribution >= 0.6 is 0 Å². The molecule has 8 heteroatoms. The smallest absolute Gasteiger partial charge is 0.269 e. The molecule has 2 aromatic rings. The minimum absolute atomic E-state index is 0.0679. The van der Waals surface area contributed by atoms with Crippen molar-refractivity contribution in [3.8, 4) is 5.75 Å². The lowest BCUT2D eigenvalue weighted by atomic mass is 10.1. The van der Waals surface area contributed by atoms with E-state index in [-0.39, 0.29) is 11.8 Å². The van der Waals surface area contributed by atoms with Crippen LogP contribution in [0.1, 0.15) is 36.5 Å². The van der Waals surface area contributed by atoms with Crippen LogP contribution in [0.4, 0.5) is 5.69 Å². The number of aliphatic imine (C=N–C) groups is 1. The highest BCUT2D eigenvalue weighted by atomic mass is 16.6. The lowest BCUT2D eigenvalue weighted by molar-refractivity contribution is -0.384. The van der Waals surface area contributed by atoms with Crippen molar-refractivity contribution in [2.75, 3.05) is 19.8 Å². The van der Waals surface area contributed by atoms with Crippen LogP contribution < -0.4 is 15.4 Å². The van der Waals surface area contributed by atoms with Gasteiger partial charge in [0, 0.05) is 37.4 Å². The minimum atomic E-state index is -0.397. The van der Waals surface area contributed by atoms with Crippen LogP contribution in [0.5, 0.6) is 5.75 Å². The average Bonchev–Trinajstić information content (AvgIpc) is 3.29. The Morgan fingerprint density at radius 3 is 2.90 bits per heavy atom. The second-order valence-corrected chi connectivity index (χ2v) is 7.53. The SMILES string of the molecule is CCNC(=NCc1cccc([N+](=O)[O-])c1)NCc1ccc(C)cc1OCC1CCCO1. The van der Waals surface area contributed by atoms with Crippen molar-refractivity contribution in [2.24, 2.45) is 4.99 Å². The monoisotopic (exact) mass is 426 g/mol. The first-order valence-corrected chi connectivity index (χ1v) is 10.6. The average molecular weight is 427 g/mol. The largest absolute Gasteiger partial charge is 0.491 e. The third kappa shape index (κ3) is 6.96. The molecule has 0 aliphatic carbocycles. The highest BCUT2D eigenvalue weighted by Gasteiger charge is 2.17. The Labute approximate surface area is 182 Å². The predicted octanol–water partition coefficient (Wildman–Crippen LogP) is 3.72. The second-order valence-electron chi connectivity index (χ2n) is 7.53. The molecule has 1 heterocycles. The predicted molar refractivity (Wildman–Crippen MR) is 120 cm³/mol. The number of hydrogen-bond acceptors (Lipinski definition) is 5. The standard InChI is InChI=1S/C23H30N4O4/c1-3-24-23(25-14-18-6-4-7-20(13-18)27(28)29)26-15-19-10-9-17(2)12-22(19)31-16-21-8-5-11-30-21/h4,6-7,9-10,12-13,21H,3,5,8,11,14-16H2,1-2H3,(H2,24,25,26). The number of aryl methyl sites for hydroxylation is 1. The lowest BCUT2D eigenvalue weighted by Crippen LogP contribution is -2.36. The number of guanidine groups is 1. The number of benzene rings is 2. The summed E-state index contributed by atoms with van der Waals surface area (Å²) in [6, 6.07) is 12.7. The summed E-state index contributed by atoms with van der Waals surface area (Å²) in [5.74, 6) is 1.48. The molecule has 0 bridgehead atoms. The molecular formula is C23H30N4O4. The van der Waals surface area contributed by atoms with Crippen LogP contribution in [0.25, 0.3) is 0 Å². The summed E-state index contributed by atoms with van der Waals surface area (Å²) in [6.07, 6.45) is 2.28.